The standard InChI is InChI=1S/C10H23N.C7H8O3S/c1-2-3-4-5-6-7-8-9-10-11;1-6-4-2-3-5-7(6)11(8,9)10/h2-11H2,1H3;2-5H,1H3,(H,8,9,10). The van der Waals surface area contributed by atoms with E-state index >= 15 is 0 Å². The van der Waals surface area contributed by atoms with Crippen LogP contribution in [-0.2, 0) is 10.1 Å². The summed E-state index contributed by atoms with van der Waals surface area (Å²) in [6, 6.07) is 6.27. The van der Waals surface area contributed by atoms with Gasteiger partial charge in [-0.25, -0.2) is 0 Å². The lowest BCUT2D eigenvalue weighted by molar-refractivity contribution is 0.482. The molecule has 0 aliphatic heterocycles. The van der Waals surface area contributed by atoms with Gasteiger partial charge in [-0.2, -0.15) is 8.42 Å². The minimum Gasteiger partial charge on any atom is -0.330 e. The predicted octanol–water partition coefficient (Wildman–Crippen LogP) is 4.33. The van der Waals surface area contributed by atoms with Crippen LogP contribution < -0.4 is 5.73 Å². The van der Waals surface area contributed by atoms with Crippen molar-refractivity contribution in [2.45, 2.75) is 70.1 Å². The Hall–Kier alpha value is -0.910. The van der Waals surface area contributed by atoms with E-state index in [-0.39, 0.29) is 4.90 Å². The molecule has 22 heavy (non-hydrogen) atoms. The van der Waals surface area contributed by atoms with Crippen LogP contribution in [0.15, 0.2) is 29.2 Å². The van der Waals surface area contributed by atoms with Crippen LogP contribution in [-0.4, -0.2) is 19.5 Å². The highest BCUT2D eigenvalue weighted by Gasteiger charge is 2.10. The molecule has 0 saturated heterocycles. The maximum absolute atomic E-state index is 10.6. The van der Waals surface area contributed by atoms with Crippen LogP contribution in [0.1, 0.15) is 63.9 Å². The number of unbranched alkanes of at least 4 members (excludes halogenated alkanes) is 7. The average molecular weight is 330 g/mol. The molecule has 0 heterocycles. The summed E-state index contributed by atoms with van der Waals surface area (Å²) in [7, 11) is -4.03. The second-order valence-electron chi connectivity index (χ2n) is 5.50. The predicted molar refractivity (Wildman–Crippen MR) is 92.7 cm³/mol. The fourth-order valence-electron chi connectivity index (χ4n) is 2.12. The molecule has 0 radical (unpaired) electrons. The first-order chi connectivity index (χ1) is 10.4. The third-order valence-electron chi connectivity index (χ3n) is 3.43. The van der Waals surface area contributed by atoms with Gasteiger partial charge in [-0.3, -0.25) is 4.55 Å². The highest BCUT2D eigenvalue weighted by atomic mass is 32.2. The molecule has 128 valence electrons. The van der Waals surface area contributed by atoms with Crippen LogP contribution in [0.2, 0.25) is 0 Å². The average Bonchev–Trinajstić information content (AvgIpc) is 2.46. The van der Waals surface area contributed by atoms with Gasteiger partial charge in [0.2, 0.25) is 0 Å². The Balaban J connectivity index is 0.000000401. The van der Waals surface area contributed by atoms with Crippen molar-refractivity contribution < 1.29 is 13.0 Å². The van der Waals surface area contributed by atoms with Crippen molar-refractivity contribution in [2.75, 3.05) is 6.54 Å². The van der Waals surface area contributed by atoms with E-state index in [1.807, 2.05) is 0 Å². The number of hydrogen-bond donors (Lipinski definition) is 2. The normalized spacial score (nSPS) is 10.9. The van der Waals surface area contributed by atoms with E-state index < -0.39 is 10.1 Å². The lowest BCUT2D eigenvalue weighted by Gasteiger charge is -1.99. The Morgan fingerprint density at radius 2 is 1.45 bits per heavy atom. The van der Waals surface area contributed by atoms with E-state index in [2.05, 4.69) is 6.92 Å². The second-order valence-corrected chi connectivity index (χ2v) is 6.89. The molecule has 0 bridgehead atoms. The molecule has 0 unspecified atom stereocenters. The SMILES string of the molecule is CCCCCCCCCCN.Cc1ccccc1S(=O)(=O)O. The number of benzene rings is 1. The van der Waals surface area contributed by atoms with Gasteiger partial charge in [0, 0.05) is 0 Å². The van der Waals surface area contributed by atoms with Crippen molar-refractivity contribution in [2.24, 2.45) is 5.73 Å². The maximum Gasteiger partial charge on any atom is 0.294 e. The summed E-state index contributed by atoms with van der Waals surface area (Å²) in [6.07, 6.45) is 11.0. The Morgan fingerprint density at radius 3 is 1.86 bits per heavy atom. The van der Waals surface area contributed by atoms with Gasteiger partial charge in [0.05, 0.1) is 4.90 Å². The molecule has 1 aromatic rings. The first-order valence-corrected chi connectivity index (χ1v) is 9.60. The summed E-state index contributed by atoms with van der Waals surface area (Å²) in [5.41, 5.74) is 5.94. The summed E-state index contributed by atoms with van der Waals surface area (Å²) < 4.78 is 29.9. The molecule has 0 atom stereocenters. The zero-order valence-corrected chi connectivity index (χ0v) is 14.7. The van der Waals surface area contributed by atoms with Gasteiger partial charge in [0.15, 0.2) is 0 Å². The maximum atomic E-state index is 10.6. The van der Waals surface area contributed by atoms with Crippen molar-refractivity contribution >= 4 is 10.1 Å². The van der Waals surface area contributed by atoms with Gasteiger partial charge in [-0.05, 0) is 31.5 Å². The molecular formula is C17H31NO3S. The molecule has 0 aliphatic carbocycles. The molecule has 5 heteroatoms. The molecule has 1 aromatic carbocycles. The van der Waals surface area contributed by atoms with E-state index in [0.717, 1.165) is 6.54 Å². The van der Waals surface area contributed by atoms with E-state index in [9.17, 15) is 8.42 Å². The lowest BCUT2D eigenvalue weighted by Crippen LogP contribution is -1.99. The van der Waals surface area contributed by atoms with E-state index in [0.29, 0.717) is 5.56 Å². The topological polar surface area (TPSA) is 80.4 Å². The molecular weight excluding hydrogens is 298 g/mol. The molecule has 0 aromatic heterocycles. The van der Waals surface area contributed by atoms with Crippen LogP contribution in [0.25, 0.3) is 0 Å². The van der Waals surface area contributed by atoms with Gasteiger partial charge < -0.3 is 5.73 Å². The minimum atomic E-state index is -4.03. The summed E-state index contributed by atoms with van der Waals surface area (Å²) in [4.78, 5) is -0.0278. The molecule has 0 spiro atoms. The minimum absolute atomic E-state index is 0.0278. The third-order valence-corrected chi connectivity index (χ3v) is 4.44. The largest absolute Gasteiger partial charge is 0.330 e. The highest BCUT2D eigenvalue weighted by molar-refractivity contribution is 7.85. The van der Waals surface area contributed by atoms with Crippen LogP contribution >= 0.6 is 0 Å². The molecule has 4 nitrogen and oxygen atoms in total. The molecule has 0 amide bonds. The van der Waals surface area contributed by atoms with Crippen LogP contribution in [0.4, 0.5) is 0 Å². The second kappa shape index (κ2) is 12.6. The summed E-state index contributed by atoms with van der Waals surface area (Å²) >= 11 is 0. The van der Waals surface area contributed by atoms with Crippen molar-refractivity contribution in [1.82, 2.24) is 0 Å². The third kappa shape index (κ3) is 10.8. The quantitative estimate of drug-likeness (QED) is 0.522. The van der Waals surface area contributed by atoms with E-state index in [4.69, 9.17) is 10.3 Å². The van der Waals surface area contributed by atoms with E-state index in [1.54, 1.807) is 25.1 Å². The fraction of sp³-hybridized carbons (Fsp3) is 0.647. The van der Waals surface area contributed by atoms with Crippen molar-refractivity contribution in [3.05, 3.63) is 29.8 Å². The number of hydrogen-bond acceptors (Lipinski definition) is 3. The Bertz CT molecular complexity index is 478. The van der Waals surface area contributed by atoms with Gasteiger partial charge in [0.25, 0.3) is 10.1 Å². The first-order valence-electron chi connectivity index (χ1n) is 8.16. The summed E-state index contributed by atoms with van der Waals surface area (Å²) in [5, 5.41) is 0. The smallest absolute Gasteiger partial charge is 0.294 e. The van der Waals surface area contributed by atoms with Crippen molar-refractivity contribution in [3.8, 4) is 0 Å². The van der Waals surface area contributed by atoms with Crippen LogP contribution in [0.5, 0.6) is 0 Å². The van der Waals surface area contributed by atoms with Crippen LogP contribution in [0, 0.1) is 6.92 Å². The first kappa shape index (κ1) is 21.1. The van der Waals surface area contributed by atoms with Crippen LogP contribution in [0.3, 0.4) is 0 Å². The summed E-state index contributed by atoms with van der Waals surface area (Å²) in [6.45, 7) is 4.76. The Kier molecular flexibility index (Phi) is 12.1. The lowest BCUT2D eigenvalue weighted by atomic mass is 10.1. The van der Waals surface area contributed by atoms with E-state index in [1.165, 1.54) is 57.4 Å². The van der Waals surface area contributed by atoms with Gasteiger partial charge in [-0.15, -0.1) is 0 Å². The highest BCUT2D eigenvalue weighted by Crippen LogP contribution is 2.12. The zero-order valence-electron chi connectivity index (χ0n) is 13.9. The monoisotopic (exact) mass is 329 g/mol. The summed E-state index contributed by atoms with van der Waals surface area (Å²) in [5.74, 6) is 0. The van der Waals surface area contributed by atoms with Crippen molar-refractivity contribution in [3.63, 3.8) is 0 Å². The fourth-order valence-corrected chi connectivity index (χ4v) is 2.85. The van der Waals surface area contributed by atoms with Gasteiger partial charge >= 0.3 is 0 Å². The number of aryl methyl sites for hydroxylation is 1. The van der Waals surface area contributed by atoms with Gasteiger partial charge in [-0.1, -0.05) is 70.1 Å². The Morgan fingerprint density at radius 1 is 0.955 bits per heavy atom. The molecule has 0 fully saturated rings. The molecule has 3 N–H and O–H groups in total. The molecule has 1 rings (SSSR count). The van der Waals surface area contributed by atoms with Gasteiger partial charge in [0.1, 0.15) is 0 Å². The molecule has 0 aliphatic rings. The number of rotatable bonds is 9. The zero-order chi connectivity index (χ0) is 16.8. The van der Waals surface area contributed by atoms with Crippen molar-refractivity contribution in [1.29, 1.82) is 0 Å². The Labute approximate surface area is 135 Å². The molecule has 0 saturated carbocycles. The number of nitrogens with two attached hydrogens (primary N) is 1.